The van der Waals surface area contributed by atoms with Crippen molar-refractivity contribution >= 4 is 23.4 Å². The standard InChI is InChI=1S/C20H32N2OS/c1-16(2)14-21-12-10-20(4,11-13-21)22(17(3)23)19-8-6-18(7-9-19)15-24-5/h6-9,16H,10-15H2,1-5H3. The maximum atomic E-state index is 12.4. The molecular weight excluding hydrogens is 316 g/mol. The van der Waals surface area contributed by atoms with Crippen LogP contribution in [0.2, 0.25) is 0 Å². The van der Waals surface area contributed by atoms with Gasteiger partial charge in [0.15, 0.2) is 0 Å². The van der Waals surface area contributed by atoms with Crippen LogP contribution >= 0.6 is 11.8 Å². The summed E-state index contributed by atoms with van der Waals surface area (Å²) < 4.78 is 0. The topological polar surface area (TPSA) is 23.6 Å². The first-order valence-electron chi connectivity index (χ1n) is 8.97. The SMILES string of the molecule is CSCc1ccc(N(C(C)=O)C2(C)CCN(CC(C)C)CC2)cc1. The van der Waals surface area contributed by atoms with Gasteiger partial charge in [-0.25, -0.2) is 0 Å². The number of carbonyl (C=O) groups is 1. The van der Waals surface area contributed by atoms with Crippen LogP contribution in [0.3, 0.4) is 0 Å². The molecule has 0 aromatic heterocycles. The summed E-state index contributed by atoms with van der Waals surface area (Å²) in [6.45, 7) is 11.8. The molecule has 0 aliphatic carbocycles. The van der Waals surface area contributed by atoms with Gasteiger partial charge < -0.3 is 9.80 Å². The molecule has 1 aliphatic rings. The van der Waals surface area contributed by atoms with Crippen LogP contribution in [0.4, 0.5) is 5.69 Å². The van der Waals surface area contributed by atoms with Crippen molar-refractivity contribution in [2.75, 3.05) is 30.8 Å². The monoisotopic (exact) mass is 348 g/mol. The maximum Gasteiger partial charge on any atom is 0.224 e. The van der Waals surface area contributed by atoms with E-state index in [9.17, 15) is 4.79 Å². The fraction of sp³-hybridized carbons (Fsp3) is 0.650. The molecule has 0 bridgehead atoms. The molecule has 1 aromatic rings. The van der Waals surface area contributed by atoms with Crippen molar-refractivity contribution in [1.29, 1.82) is 0 Å². The molecule has 1 aliphatic heterocycles. The first kappa shape index (κ1) is 19.3. The third kappa shape index (κ3) is 4.76. The number of piperidine rings is 1. The van der Waals surface area contributed by atoms with E-state index in [1.165, 1.54) is 5.56 Å². The van der Waals surface area contributed by atoms with E-state index in [0.717, 1.165) is 43.9 Å². The molecule has 24 heavy (non-hydrogen) atoms. The number of likely N-dealkylation sites (tertiary alicyclic amines) is 1. The van der Waals surface area contributed by atoms with Gasteiger partial charge in [0.2, 0.25) is 5.91 Å². The molecule has 0 radical (unpaired) electrons. The highest BCUT2D eigenvalue weighted by Gasteiger charge is 2.38. The molecule has 0 unspecified atom stereocenters. The molecule has 0 spiro atoms. The van der Waals surface area contributed by atoms with Crippen LogP contribution in [0, 0.1) is 5.92 Å². The number of hydrogen-bond donors (Lipinski definition) is 0. The molecule has 1 fully saturated rings. The number of amides is 1. The molecule has 134 valence electrons. The number of hydrogen-bond acceptors (Lipinski definition) is 3. The van der Waals surface area contributed by atoms with Crippen LogP contribution in [-0.2, 0) is 10.5 Å². The summed E-state index contributed by atoms with van der Waals surface area (Å²) in [4.78, 5) is 17.0. The summed E-state index contributed by atoms with van der Waals surface area (Å²) in [5.41, 5.74) is 2.26. The Labute approximate surface area is 151 Å². The second-order valence-corrected chi connectivity index (χ2v) is 8.51. The summed E-state index contributed by atoms with van der Waals surface area (Å²) in [5, 5.41) is 0. The molecule has 4 heteroatoms. The van der Waals surface area contributed by atoms with Crippen molar-refractivity contribution in [3.05, 3.63) is 29.8 Å². The molecule has 0 atom stereocenters. The molecule has 1 amide bonds. The molecular formula is C20H32N2OS. The van der Waals surface area contributed by atoms with E-state index in [-0.39, 0.29) is 11.4 Å². The second-order valence-electron chi connectivity index (χ2n) is 7.65. The van der Waals surface area contributed by atoms with Gasteiger partial charge in [-0.2, -0.15) is 11.8 Å². The zero-order valence-electron chi connectivity index (χ0n) is 15.8. The highest BCUT2D eigenvalue weighted by Crippen LogP contribution is 2.33. The average Bonchev–Trinajstić information content (AvgIpc) is 2.51. The van der Waals surface area contributed by atoms with Crippen LogP contribution in [-0.4, -0.2) is 42.2 Å². The number of benzene rings is 1. The molecule has 1 aromatic carbocycles. The lowest BCUT2D eigenvalue weighted by molar-refractivity contribution is -0.118. The summed E-state index contributed by atoms with van der Waals surface area (Å²) in [7, 11) is 0. The van der Waals surface area contributed by atoms with E-state index in [2.05, 4.69) is 56.2 Å². The Morgan fingerprint density at radius 2 is 1.83 bits per heavy atom. The Kier molecular flexibility index (Phi) is 6.76. The van der Waals surface area contributed by atoms with Gasteiger partial charge in [0.1, 0.15) is 0 Å². The van der Waals surface area contributed by atoms with E-state index in [1.807, 2.05) is 16.7 Å². The predicted molar refractivity (Wildman–Crippen MR) is 106 cm³/mol. The van der Waals surface area contributed by atoms with Crippen LogP contribution < -0.4 is 4.90 Å². The smallest absolute Gasteiger partial charge is 0.224 e. The lowest BCUT2D eigenvalue weighted by Crippen LogP contribution is -2.56. The quantitative estimate of drug-likeness (QED) is 0.760. The van der Waals surface area contributed by atoms with Crippen molar-refractivity contribution < 1.29 is 4.79 Å². The highest BCUT2D eigenvalue weighted by molar-refractivity contribution is 7.97. The van der Waals surface area contributed by atoms with Gasteiger partial charge in [-0.1, -0.05) is 26.0 Å². The third-order valence-corrected chi connectivity index (χ3v) is 5.54. The normalized spacial score (nSPS) is 17.9. The predicted octanol–water partition coefficient (Wildman–Crippen LogP) is 4.41. The summed E-state index contributed by atoms with van der Waals surface area (Å²) in [5.74, 6) is 1.86. The highest BCUT2D eigenvalue weighted by atomic mass is 32.2. The molecule has 1 saturated heterocycles. The van der Waals surface area contributed by atoms with Crippen LogP contribution in [0.25, 0.3) is 0 Å². The van der Waals surface area contributed by atoms with Crippen molar-refractivity contribution in [3.63, 3.8) is 0 Å². The van der Waals surface area contributed by atoms with E-state index < -0.39 is 0 Å². The Morgan fingerprint density at radius 1 is 1.25 bits per heavy atom. The molecule has 2 rings (SSSR count). The van der Waals surface area contributed by atoms with Crippen LogP contribution in [0.1, 0.15) is 46.1 Å². The first-order valence-corrected chi connectivity index (χ1v) is 10.4. The first-order chi connectivity index (χ1) is 11.4. The number of anilines is 1. The van der Waals surface area contributed by atoms with Crippen molar-refractivity contribution in [3.8, 4) is 0 Å². The van der Waals surface area contributed by atoms with Crippen LogP contribution in [0.15, 0.2) is 24.3 Å². The van der Waals surface area contributed by atoms with Gasteiger partial charge in [0.25, 0.3) is 0 Å². The molecule has 0 N–H and O–H groups in total. The van der Waals surface area contributed by atoms with Crippen molar-refractivity contribution in [1.82, 2.24) is 4.90 Å². The van der Waals surface area contributed by atoms with E-state index >= 15 is 0 Å². The van der Waals surface area contributed by atoms with Gasteiger partial charge in [-0.3, -0.25) is 4.79 Å². The molecule has 1 heterocycles. The average molecular weight is 349 g/mol. The maximum absolute atomic E-state index is 12.4. The van der Waals surface area contributed by atoms with Gasteiger partial charge in [-0.15, -0.1) is 0 Å². The lowest BCUT2D eigenvalue weighted by atomic mass is 9.86. The lowest BCUT2D eigenvalue weighted by Gasteiger charge is -2.46. The number of thioether (sulfide) groups is 1. The van der Waals surface area contributed by atoms with Crippen molar-refractivity contribution in [2.45, 2.75) is 51.8 Å². The van der Waals surface area contributed by atoms with Gasteiger partial charge >= 0.3 is 0 Å². The van der Waals surface area contributed by atoms with E-state index in [1.54, 1.807) is 6.92 Å². The summed E-state index contributed by atoms with van der Waals surface area (Å²) >= 11 is 1.82. The fourth-order valence-electron chi connectivity index (χ4n) is 3.74. The Bertz CT molecular complexity index is 533. The van der Waals surface area contributed by atoms with Gasteiger partial charge in [0, 0.05) is 43.5 Å². The zero-order chi connectivity index (χ0) is 17.7. The minimum absolute atomic E-state index is 0.0830. The van der Waals surface area contributed by atoms with Gasteiger partial charge in [0.05, 0.1) is 0 Å². The fourth-order valence-corrected chi connectivity index (χ4v) is 4.26. The van der Waals surface area contributed by atoms with Crippen molar-refractivity contribution in [2.24, 2.45) is 5.92 Å². The molecule has 3 nitrogen and oxygen atoms in total. The minimum atomic E-state index is -0.0830. The van der Waals surface area contributed by atoms with Crippen LogP contribution in [0.5, 0.6) is 0 Å². The Balaban J connectivity index is 2.14. The largest absolute Gasteiger partial charge is 0.307 e. The molecule has 0 saturated carbocycles. The third-order valence-electron chi connectivity index (χ3n) is 4.92. The summed E-state index contributed by atoms with van der Waals surface area (Å²) in [6, 6.07) is 8.52. The number of nitrogens with zero attached hydrogens (tertiary/aromatic N) is 2. The van der Waals surface area contributed by atoms with E-state index in [0.29, 0.717) is 5.92 Å². The van der Waals surface area contributed by atoms with E-state index in [4.69, 9.17) is 0 Å². The number of rotatable bonds is 6. The van der Waals surface area contributed by atoms with Gasteiger partial charge in [-0.05, 0) is 49.6 Å². The minimum Gasteiger partial charge on any atom is -0.307 e. The number of carbonyl (C=O) groups excluding carboxylic acids is 1. The zero-order valence-corrected chi connectivity index (χ0v) is 16.7. The second kappa shape index (κ2) is 8.39. The Hall–Kier alpha value is -1.00. The summed E-state index contributed by atoms with van der Waals surface area (Å²) in [6.07, 6.45) is 4.18. The Morgan fingerprint density at radius 3 is 2.29 bits per heavy atom.